The number of nitrogens with zero attached hydrogens (tertiary/aromatic N) is 1. The molecule has 1 aromatic carbocycles. The van der Waals surface area contributed by atoms with Crippen LogP contribution in [-0.2, 0) is 4.79 Å². The smallest absolute Gasteiger partial charge is 0.303 e. The Kier molecular flexibility index (Phi) is 8.52. The minimum absolute atomic E-state index is 0.0145. The Hall–Kier alpha value is -1.71. The molecule has 32 heavy (non-hydrogen) atoms. The average molecular weight is 443 g/mol. The SMILES string of the molecule is CC(C)CN(c1ccc(C(C)CC(=O)O)cc1NC1CCC(C)(C)CC1)C1CCCCC1. The molecule has 4 nitrogen and oxygen atoms in total. The molecule has 3 rings (SSSR count). The van der Waals surface area contributed by atoms with Crippen LogP contribution in [-0.4, -0.2) is 29.7 Å². The van der Waals surface area contributed by atoms with Gasteiger partial charge >= 0.3 is 5.97 Å². The number of anilines is 2. The normalized spacial score (nSPS) is 20.8. The van der Waals surface area contributed by atoms with Crippen LogP contribution in [0.5, 0.6) is 0 Å². The molecule has 4 heteroatoms. The number of hydrogen-bond acceptors (Lipinski definition) is 3. The van der Waals surface area contributed by atoms with Gasteiger partial charge in [0.05, 0.1) is 17.8 Å². The van der Waals surface area contributed by atoms with Crippen molar-refractivity contribution in [2.24, 2.45) is 11.3 Å². The first-order valence-electron chi connectivity index (χ1n) is 13.0. The van der Waals surface area contributed by atoms with Crippen molar-refractivity contribution in [2.45, 2.75) is 117 Å². The van der Waals surface area contributed by atoms with Crippen LogP contribution in [0.25, 0.3) is 0 Å². The van der Waals surface area contributed by atoms with Crippen LogP contribution in [0.3, 0.4) is 0 Å². The first kappa shape index (κ1) is 24.9. The van der Waals surface area contributed by atoms with Gasteiger partial charge in [0.2, 0.25) is 0 Å². The minimum atomic E-state index is -0.728. The Balaban J connectivity index is 1.91. The predicted molar refractivity (Wildman–Crippen MR) is 136 cm³/mol. The summed E-state index contributed by atoms with van der Waals surface area (Å²) >= 11 is 0. The summed E-state index contributed by atoms with van der Waals surface area (Å²) in [5, 5.41) is 13.3. The van der Waals surface area contributed by atoms with Crippen molar-refractivity contribution >= 4 is 17.3 Å². The summed E-state index contributed by atoms with van der Waals surface area (Å²) in [5.41, 5.74) is 4.12. The Morgan fingerprint density at radius 3 is 2.34 bits per heavy atom. The van der Waals surface area contributed by atoms with Gasteiger partial charge in [-0.25, -0.2) is 0 Å². The largest absolute Gasteiger partial charge is 0.481 e. The van der Waals surface area contributed by atoms with Crippen molar-refractivity contribution in [1.29, 1.82) is 0 Å². The van der Waals surface area contributed by atoms with Gasteiger partial charge in [-0.15, -0.1) is 0 Å². The van der Waals surface area contributed by atoms with E-state index in [1.54, 1.807) is 0 Å². The standard InChI is InChI=1S/C28H46N2O2/c1-20(2)19-30(24-9-7-6-8-10-24)26-12-11-22(21(3)17-27(31)32)18-25(26)29-23-13-15-28(4,5)16-14-23/h11-12,18,20-21,23-24,29H,6-10,13-17,19H2,1-5H3,(H,31,32). The van der Waals surface area contributed by atoms with E-state index in [-0.39, 0.29) is 12.3 Å². The van der Waals surface area contributed by atoms with E-state index in [9.17, 15) is 9.90 Å². The summed E-state index contributed by atoms with van der Waals surface area (Å²) in [6, 6.07) is 7.82. The third kappa shape index (κ3) is 6.89. The van der Waals surface area contributed by atoms with Gasteiger partial charge in [0.15, 0.2) is 0 Å². The van der Waals surface area contributed by atoms with Gasteiger partial charge in [0.25, 0.3) is 0 Å². The van der Waals surface area contributed by atoms with Gasteiger partial charge < -0.3 is 15.3 Å². The molecule has 1 unspecified atom stereocenters. The molecule has 0 heterocycles. The summed E-state index contributed by atoms with van der Waals surface area (Å²) < 4.78 is 0. The molecule has 0 aliphatic heterocycles. The fourth-order valence-corrected chi connectivity index (χ4v) is 5.60. The van der Waals surface area contributed by atoms with Crippen molar-refractivity contribution in [3.63, 3.8) is 0 Å². The molecule has 2 saturated carbocycles. The molecular formula is C28H46N2O2. The average Bonchev–Trinajstić information content (AvgIpc) is 2.74. The van der Waals surface area contributed by atoms with Crippen LogP contribution in [0, 0.1) is 11.3 Å². The van der Waals surface area contributed by atoms with E-state index in [2.05, 4.69) is 56.1 Å². The third-order valence-corrected chi connectivity index (χ3v) is 7.66. The maximum absolute atomic E-state index is 11.3. The van der Waals surface area contributed by atoms with Crippen LogP contribution >= 0.6 is 0 Å². The van der Waals surface area contributed by atoms with Crippen LogP contribution < -0.4 is 10.2 Å². The summed E-state index contributed by atoms with van der Waals surface area (Å²) in [6.07, 6.45) is 11.7. The van der Waals surface area contributed by atoms with E-state index in [0.29, 0.717) is 23.4 Å². The maximum atomic E-state index is 11.3. The second-order valence-electron chi connectivity index (χ2n) is 11.7. The second kappa shape index (κ2) is 10.9. The van der Waals surface area contributed by atoms with Crippen LogP contribution in [0.2, 0.25) is 0 Å². The Morgan fingerprint density at radius 2 is 1.75 bits per heavy atom. The topological polar surface area (TPSA) is 52.6 Å². The molecule has 0 bridgehead atoms. The van der Waals surface area contributed by atoms with E-state index < -0.39 is 5.97 Å². The summed E-state index contributed by atoms with van der Waals surface area (Å²) in [6.45, 7) is 12.5. The molecule has 0 amide bonds. The lowest BCUT2D eigenvalue weighted by molar-refractivity contribution is -0.137. The molecule has 1 atom stereocenters. The van der Waals surface area contributed by atoms with Gasteiger partial charge in [0.1, 0.15) is 0 Å². The van der Waals surface area contributed by atoms with Gasteiger partial charge in [-0.3, -0.25) is 4.79 Å². The summed E-state index contributed by atoms with van der Waals surface area (Å²) in [7, 11) is 0. The first-order valence-corrected chi connectivity index (χ1v) is 13.0. The van der Waals surface area contributed by atoms with Gasteiger partial charge in [-0.1, -0.05) is 59.9 Å². The lowest BCUT2D eigenvalue weighted by Crippen LogP contribution is -2.40. The van der Waals surface area contributed by atoms with E-state index in [0.717, 1.165) is 12.1 Å². The van der Waals surface area contributed by atoms with Crippen molar-refractivity contribution in [1.82, 2.24) is 0 Å². The summed E-state index contributed by atoms with van der Waals surface area (Å²) in [4.78, 5) is 14.0. The highest BCUT2D eigenvalue weighted by molar-refractivity contribution is 5.73. The lowest BCUT2D eigenvalue weighted by atomic mass is 9.75. The zero-order valence-electron chi connectivity index (χ0n) is 21.1. The molecule has 0 spiro atoms. The molecular weight excluding hydrogens is 396 g/mol. The fourth-order valence-electron chi connectivity index (χ4n) is 5.60. The Bertz CT molecular complexity index is 742. The number of carboxylic acids is 1. The third-order valence-electron chi connectivity index (χ3n) is 7.66. The van der Waals surface area contributed by atoms with Crippen molar-refractivity contribution in [2.75, 3.05) is 16.8 Å². The van der Waals surface area contributed by atoms with Crippen molar-refractivity contribution < 1.29 is 9.90 Å². The number of hydrogen-bond donors (Lipinski definition) is 2. The van der Waals surface area contributed by atoms with E-state index in [4.69, 9.17) is 0 Å². The minimum Gasteiger partial charge on any atom is -0.481 e. The number of carboxylic acid groups (broad SMARTS) is 1. The molecule has 0 saturated heterocycles. The quantitative estimate of drug-likeness (QED) is 0.417. The van der Waals surface area contributed by atoms with Crippen molar-refractivity contribution in [3.8, 4) is 0 Å². The Labute approximate surface area is 196 Å². The number of nitrogens with one attached hydrogen (secondary N) is 1. The number of aliphatic carboxylic acids is 1. The van der Waals surface area contributed by atoms with Crippen LogP contribution in [0.4, 0.5) is 11.4 Å². The fraction of sp³-hybridized carbons (Fsp3) is 0.750. The predicted octanol–water partition coefficient (Wildman–Crippen LogP) is 7.44. The summed E-state index contributed by atoms with van der Waals surface area (Å²) in [5.74, 6) is -0.110. The molecule has 0 aromatic heterocycles. The molecule has 0 radical (unpaired) electrons. The number of benzene rings is 1. The molecule has 180 valence electrons. The molecule has 2 N–H and O–H groups in total. The van der Waals surface area contributed by atoms with Crippen LogP contribution in [0.15, 0.2) is 18.2 Å². The maximum Gasteiger partial charge on any atom is 0.303 e. The van der Waals surface area contributed by atoms with Gasteiger partial charge in [0, 0.05) is 18.6 Å². The molecule has 2 aliphatic rings. The highest BCUT2D eigenvalue weighted by atomic mass is 16.4. The zero-order valence-corrected chi connectivity index (χ0v) is 21.1. The molecule has 1 aromatic rings. The number of rotatable bonds is 9. The highest BCUT2D eigenvalue weighted by Gasteiger charge is 2.29. The Morgan fingerprint density at radius 1 is 1.09 bits per heavy atom. The van der Waals surface area contributed by atoms with E-state index >= 15 is 0 Å². The van der Waals surface area contributed by atoms with E-state index in [1.165, 1.54) is 69.2 Å². The highest BCUT2D eigenvalue weighted by Crippen LogP contribution is 2.40. The zero-order chi connectivity index (χ0) is 23.3. The van der Waals surface area contributed by atoms with Gasteiger partial charge in [-0.05, 0) is 73.5 Å². The van der Waals surface area contributed by atoms with Crippen molar-refractivity contribution in [3.05, 3.63) is 23.8 Å². The molecule has 2 aliphatic carbocycles. The van der Waals surface area contributed by atoms with E-state index in [1.807, 2.05) is 6.92 Å². The first-order chi connectivity index (χ1) is 15.1. The number of carbonyl (C=O) groups is 1. The lowest BCUT2D eigenvalue weighted by Gasteiger charge is -2.40. The van der Waals surface area contributed by atoms with Crippen LogP contribution in [0.1, 0.15) is 110 Å². The monoisotopic (exact) mass is 442 g/mol. The molecule has 2 fully saturated rings. The van der Waals surface area contributed by atoms with Gasteiger partial charge in [-0.2, -0.15) is 0 Å². The second-order valence-corrected chi connectivity index (χ2v) is 11.7.